The summed E-state index contributed by atoms with van der Waals surface area (Å²) >= 11 is 3.38. The lowest BCUT2D eigenvalue weighted by Crippen LogP contribution is -2.23. The molecule has 0 aliphatic rings. The van der Waals surface area contributed by atoms with E-state index in [-0.39, 0.29) is 28.5 Å². The normalized spacial score (nSPS) is 11.9. The van der Waals surface area contributed by atoms with Crippen molar-refractivity contribution in [3.05, 3.63) is 97.0 Å². The minimum Gasteiger partial charge on any atom is -0.493 e. The van der Waals surface area contributed by atoms with Crippen LogP contribution in [0.3, 0.4) is 0 Å². The van der Waals surface area contributed by atoms with E-state index in [9.17, 15) is 19.7 Å². The van der Waals surface area contributed by atoms with Gasteiger partial charge in [0.05, 0.1) is 29.2 Å². The summed E-state index contributed by atoms with van der Waals surface area (Å²) in [4.78, 5) is 41.7. The maximum Gasteiger partial charge on any atom is 0.315 e. The maximum atomic E-state index is 13.4. The lowest BCUT2D eigenvalue weighted by atomic mass is 10.1. The molecular formula is C28H26BrN5O6. The van der Waals surface area contributed by atoms with Gasteiger partial charge in [-0.3, -0.25) is 19.7 Å². The van der Waals surface area contributed by atoms with Gasteiger partial charge in [0.2, 0.25) is 5.75 Å². The van der Waals surface area contributed by atoms with Crippen molar-refractivity contribution in [2.24, 2.45) is 5.10 Å². The average Bonchev–Trinajstić information content (AvgIpc) is 2.95. The zero-order valence-corrected chi connectivity index (χ0v) is 23.5. The monoisotopic (exact) mass is 607 g/mol. The highest BCUT2D eigenvalue weighted by Crippen LogP contribution is 2.38. The van der Waals surface area contributed by atoms with Crippen LogP contribution in [0.1, 0.15) is 37.6 Å². The third-order valence-electron chi connectivity index (χ3n) is 6.09. The Bertz CT molecular complexity index is 1660. The van der Waals surface area contributed by atoms with E-state index >= 15 is 0 Å². The van der Waals surface area contributed by atoms with Crippen molar-refractivity contribution in [1.29, 1.82) is 0 Å². The largest absolute Gasteiger partial charge is 0.493 e. The number of halogens is 1. The molecule has 0 saturated heterocycles. The molecule has 0 radical (unpaired) electrons. The maximum absolute atomic E-state index is 13.4. The second-order valence-electron chi connectivity index (χ2n) is 8.83. The summed E-state index contributed by atoms with van der Waals surface area (Å²) < 4.78 is 12.8. The topological polar surface area (TPSA) is 138 Å². The first-order valence-electron chi connectivity index (χ1n) is 12.3. The average molecular weight is 608 g/mol. The van der Waals surface area contributed by atoms with E-state index in [0.29, 0.717) is 28.8 Å². The van der Waals surface area contributed by atoms with Crippen LogP contribution in [0.15, 0.2) is 75.0 Å². The minimum atomic E-state index is -0.643. The number of ether oxygens (including phenoxy) is 2. The molecule has 40 heavy (non-hydrogen) atoms. The highest BCUT2D eigenvalue weighted by Gasteiger charge is 2.23. The Kier molecular flexibility index (Phi) is 8.90. The van der Waals surface area contributed by atoms with Gasteiger partial charge in [0.1, 0.15) is 5.82 Å². The second kappa shape index (κ2) is 12.5. The molecule has 0 unspecified atom stereocenters. The van der Waals surface area contributed by atoms with E-state index in [0.717, 1.165) is 4.47 Å². The first-order valence-corrected chi connectivity index (χ1v) is 13.1. The van der Waals surface area contributed by atoms with E-state index in [4.69, 9.17) is 9.47 Å². The third-order valence-corrected chi connectivity index (χ3v) is 6.58. The smallest absolute Gasteiger partial charge is 0.315 e. The number of para-hydroxylation sites is 1. The number of rotatable bonds is 10. The molecule has 1 N–H and O–H groups in total. The van der Waals surface area contributed by atoms with Gasteiger partial charge in [-0.25, -0.2) is 4.98 Å². The van der Waals surface area contributed by atoms with E-state index < -0.39 is 23.1 Å². The summed E-state index contributed by atoms with van der Waals surface area (Å²) in [5, 5.41) is 19.3. The van der Waals surface area contributed by atoms with Gasteiger partial charge >= 0.3 is 5.69 Å². The Morgan fingerprint density at radius 1 is 1.23 bits per heavy atom. The number of hydrogen-bond acceptors (Lipinski definition) is 8. The highest BCUT2D eigenvalue weighted by molar-refractivity contribution is 9.10. The van der Waals surface area contributed by atoms with Gasteiger partial charge in [-0.15, -0.1) is 0 Å². The first-order chi connectivity index (χ1) is 19.2. The number of amides is 1. The number of nitrogens with one attached hydrogen (secondary N) is 1. The highest BCUT2D eigenvalue weighted by atomic mass is 79.9. The van der Waals surface area contributed by atoms with Crippen LogP contribution in [0, 0.1) is 10.1 Å². The SMILES string of the molecule is CC[C@@H](C)c1nc2ccc(Br)cc2c(=O)n1N=Cc1cc(OC)c(OCC(=O)Nc2ccccc2)c([N+](=O)[O-])c1. The second-order valence-corrected chi connectivity index (χ2v) is 9.75. The van der Waals surface area contributed by atoms with Crippen molar-refractivity contribution in [3.63, 3.8) is 0 Å². The van der Waals surface area contributed by atoms with Gasteiger partial charge in [0.25, 0.3) is 11.5 Å². The van der Waals surface area contributed by atoms with Crippen LogP contribution in [0.4, 0.5) is 11.4 Å². The molecule has 0 fully saturated rings. The molecule has 12 heteroatoms. The zero-order chi connectivity index (χ0) is 28.8. The molecule has 206 valence electrons. The summed E-state index contributed by atoms with van der Waals surface area (Å²) in [6, 6.07) is 16.7. The van der Waals surface area contributed by atoms with Crippen molar-refractivity contribution in [1.82, 2.24) is 9.66 Å². The van der Waals surface area contributed by atoms with Crippen molar-refractivity contribution in [2.45, 2.75) is 26.2 Å². The van der Waals surface area contributed by atoms with Crippen LogP contribution in [-0.4, -0.2) is 40.4 Å². The number of nitro benzene ring substituents is 1. The van der Waals surface area contributed by atoms with Gasteiger partial charge < -0.3 is 14.8 Å². The number of carbonyl (C=O) groups excluding carboxylic acids is 1. The first kappa shape index (κ1) is 28.4. The molecule has 0 aliphatic heterocycles. The molecule has 11 nitrogen and oxygen atoms in total. The van der Waals surface area contributed by atoms with Crippen LogP contribution < -0.4 is 20.3 Å². The number of nitrogens with zero attached hydrogens (tertiary/aromatic N) is 4. The Morgan fingerprint density at radius 2 is 1.98 bits per heavy atom. The molecule has 4 rings (SSSR count). The third kappa shape index (κ3) is 6.34. The predicted octanol–water partition coefficient (Wildman–Crippen LogP) is 5.49. The van der Waals surface area contributed by atoms with E-state index in [1.54, 1.807) is 36.4 Å². The number of carbonyl (C=O) groups is 1. The molecule has 4 aromatic rings. The van der Waals surface area contributed by atoms with Crippen LogP contribution in [-0.2, 0) is 4.79 Å². The summed E-state index contributed by atoms with van der Waals surface area (Å²) in [5.41, 5.74) is 0.588. The van der Waals surface area contributed by atoms with E-state index in [1.807, 2.05) is 26.0 Å². The predicted molar refractivity (Wildman–Crippen MR) is 156 cm³/mol. The molecule has 1 atom stereocenters. The number of aromatic nitrogens is 2. The van der Waals surface area contributed by atoms with Crippen LogP contribution >= 0.6 is 15.9 Å². The number of hydrogen-bond donors (Lipinski definition) is 1. The fourth-order valence-corrected chi connectivity index (χ4v) is 4.24. The molecule has 0 bridgehead atoms. The van der Waals surface area contributed by atoms with Crippen LogP contribution in [0.2, 0.25) is 0 Å². The summed E-state index contributed by atoms with van der Waals surface area (Å²) in [6.07, 6.45) is 2.04. The number of anilines is 1. The van der Waals surface area contributed by atoms with Gasteiger partial charge in [-0.1, -0.05) is 48.0 Å². The Balaban J connectivity index is 1.69. The molecule has 0 aliphatic carbocycles. The van der Waals surface area contributed by atoms with Crippen LogP contribution in [0.5, 0.6) is 11.5 Å². The molecule has 1 amide bonds. The fraction of sp³-hybridized carbons (Fsp3) is 0.214. The molecule has 0 spiro atoms. The summed E-state index contributed by atoms with van der Waals surface area (Å²) in [5.74, 6) is -0.301. The fourth-order valence-electron chi connectivity index (χ4n) is 3.87. The molecule has 1 aromatic heterocycles. The number of benzene rings is 3. The summed E-state index contributed by atoms with van der Waals surface area (Å²) in [7, 11) is 1.33. The molecule has 0 saturated carbocycles. The number of methoxy groups -OCH3 is 1. The lowest BCUT2D eigenvalue weighted by Gasteiger charge is -2.14. The minimum absolute atomic E-state index is 0.0261. The van der Waals surface area contributed by atoms with Gasteiger partial charge in [-0.2, -0.15) is 9.78 Å². The van der Waals surface area contributed by atoms with E-state index in [1.165, 1.54) is 30.1 Å². The Morgan fingerprint density at radius 3 is 2.65 bits per heavy atom. The van der Waals surface area contributed by atoms with Crippen molar-refractivity contribution in [3.8, 4) is 11.5 Å². The van der Waals surface area contributed by atoms with Crippen molar-refractivity contribution >= 4 is 50.3 Å². The zero-order valence-electron chi connectivity index (χ0n) is 22.0. The van der Waals surface area contributed by atoms with Crippen LogP contribution in [0.25, 0.3) is 10.9 Å². The van der Waals surface area contributed by atoms with Gasteiger partial charge in [0, 0.05) is 27.7 Å². The van der Waals surface area contributed by atoms with Crippen molar-refractivity contribution in [2.75, 3.05) is 19.0 Å². The Labute approximate surface area is 237 Å². The Hall–Kier alpha value is -4.58. The molecule has 3 aromatic carbocycles. The molecule has 1 heterocycles. The summed E-state index contributed by atoms with van der Waals surface area (Å²) in [6.45, 7) is 3.43. The van der Waals surface area contributed by atoms with Gasteiger partial charge in [-0.05, 0) is 42.8 Å². The van der Waals surface area contributed by atoms with E-state index in [2.05, 4.69) is 31.3 Å². The number of fused-ring (bicyclic) bond motifs is 1. The van der Waals surface area contributed by atoms with Gasteiger partial charge in [0.15, 0.2) is 12.4 Å². The lowest BCUT2D eigenvalue weighted by molar-refractivity contribution is -0.385. The number of nitro groups is 1. The standard InChI is InChI=1S/C28H26BrN5O6/c1-4-17(2)27-32-22-11-10-19(29)14-21(22)28(36)33(27)30-15-18-12-23(34(37)38)26(24(13-18)39-3)40-16-25(35)31-20-8-6-5-7-9-20/h5-15,17H,4,16H2,1-3H3,(H,31,35)/t17-/m1/s1. The quantitative estimate of drug-likeness (QED) is 0.143. The molecular weight excluding hydrogens is 582 g/mol. The van der Waals surface area contributed by atoms with Crippen molar-refractivity contribution < 1.29 is 19.2 Å².